The van der Waals surface area contributed by atoms with Gasteiger partial charge < -0.3 is 15.0 Å². The zero-order valence-corrected chi connectivity index (χ0v) is 11.0. The zero-order valence-electron chi connectivity index (χ0n) is 11.0. The summed E-state index contributed by atoms with van der Waals surface area (Å²) >= 11 is 0. The summed E-state index contributed by atoms with van der Waals surface area (Å²) in [5.74, 6) is 0.777. The summed E-state index contributed by atoms with van der Waals surface area (Å²) in [4.78, 5) is 11.5. The number of nitrogens with zero attached hydrogens (tertiary/aromatic N) is 1. The van der Waals surface area contributed by atoms with E-state index in [1.807, 2.05) is 37.3 Å². The smallest absolute Gasteiger partial charge is 0.250 e. The highest BCUT2D eigenvalue weighted by molar-refractivity contribution is 5.30. The molecule has 0 radical (unpaired) electrons. The maximum Gasteiger partial charge on any atom is 0.250 e. The van der Waals surface area contributed by atoms with Gasteiger partial charge in [0.15, 0.2) is 0 Å². The Balaban J connectivity index is 1.94. The molecule has 0 spiro atoms. The molecule has 1 atom stereocenters. The van der Waals surface area contributed by atoms with E-state index in [1.54, 1.807) is 16.8 Å². The third kappa shape index (κ3) is 3.69. The quantitative estimate of drug-likeness (QED) is 0.891. The highest BCUT2D eigenvalue weighted by Gasteiger charge is 2.01. The van der Waals surface area contributed by atoms with Gasteiger partial charge in [0, 0.05) is 18.3 Å². The third-order valence-corrected chi connectivity index (χ3v) is 2.88. The molecule has 4 heteroatoms. The van der Waals surface area contributed by atoms with Crippen LogP contribution in [-0.4, -0.2) is 11.2 Å². The fourth-order valence-corrected chi connectivity index (χ4v) is 1.79. The fraction of sp³-hybridized carbons (Fsp3) is 0.267. The van der Waals surface area contributed by atoms with E-state index in [0.717, 1.165) is 11.3 Å². The topological polar surface area (TPSA) is 57.2 Å². The Morgan fingerprint density at radius 2 is 2.11 bits per heavy atom. The van der Waals surface area contributed by atoms with Crippen molar-refractivity contribution in [2.45, 2.75) is 19.5 Å². The number of hydrogen-bond donors (Lipinski definition) is 1. The van der Waals surface area contributed by atoms with Crippen LogP contribution in [0, 0.1) is 0 Å². The van der Waals surface area contributed by atoms with E-state index in [2.05, 4.69) is 0 Å². The molecule has 0 aliphatic carbocycles. The number of pyridine rings is 1. The van der Waals surface area contributed by atoms with Gasteiger partial charge in [-0.05, 0) is 30.7 Å². The number of ether oxygens (including phenoxy) is 1. The fourth-order valence-electron chi connectivity index (χ4n) is 1.79. The van der Waals surface area contributed by atoms with Crippen LogP contribution in [0.15, 0.2) is 53.5 Å². The maximum absolute atomic E-state index is 11.5. The van der Waals surface area contributed by atoms with Gasteiger partial charge in [0.1, 0.15) is 12.4 Å². The molecule has 0 aliphatic rings. The molecule has 19 heavy (non-hydrogen) atoms. The molecule has 1 heterocycles. The molecule has 0 unspecified atom stereocenters. The standard InChI is InChI=1S/C15H18N2O2/c1-12(16)13-5-4-6-14(11-13)19-10-9-17-8-3-2-7-15(17)18/h2-8,11-12H,9-10,16H2,1H3/t12-/m0/s1. The van der Waals surface area contributed by atoms with E-state index in [4.69, 9.17) is 10.5 Å². The van der Waals surface area contributed by atoms with Gasteiger partial charge in [-0.2, -0.15) is 0 Å². The molecule has 1 aromatic heterocycles. The van der Waals surface area contributed by atoms with E-state index in [1.165, 1.54) is 6.07 Å². The van der Waals surface area contributed by atoms with Gasteiger partial charge in [-0.15, -0.1) is 0 Å². The minimum absolute atomic E-state index is 0.0136. The Hall–Kier alpha value is -2.07. The first-order chi connectivity index (χ1) is 9.16. The molecule has 2 rings (SSSR count). The normalized spacial score (nSPS) is 12.1. The molecule has 0 fully saturated rings. The Labute approximate surface area is 112 Å². The summed E-state index contributed by atoms with van der Waals surface area (Å²) < 4.78 is 7.26. The lowest BCUT2D eigenvalue weighted by molar-refractivity contribution is 0.296. The molecule has 0 amide bonds. The van der Waals surface area contributed by atoms with Gasteiger partial charge >= 0.3 is 0 Å². The van der Waals surface area contributed by atoms with Gasteiger partial charge in [-0.3, -0.25) is 4.79 Å². The second-order valence-electron chi connectivity index (χ2n) is 4.44. The monoisotopic (exact) mass is 258 g/mol. The molecular weight excluding hydrogens is 240 g/mol. The van der Waals surface area contributed by atoms with Crippen LogP contribution in [-0.2, 0) is 6.54 Å². The Morgan fingerprint density at radius 3 is 2.84 bits per heavy atom. The lowest BCUT2D eigenvalue weighted by Gasteiger charge is -2.10. The lowest BCUT2D eigenvalue weighted by atomic mass is 10.1. The summed E-state index contributed by atoms with van der Waals surface area (Å²) in [6.45, 7) is 2.91. The van der Waals surface area contributed by atoms with Crippen molar-refractivity contribution in [3.05, 3.63) is 64.6 Å². The molecule has 0 saturated carbocycles. The van der Waals surface area contributed by atoms with Crippen LogP contribution in [0.2, 0.25) is 0 Å². The highest BCUT2D eigenvalue weighted by Crippen LogP contribution is 2.17. The summed E-state index contributed by atoms with van der Waals surface area (Å²) in [6, 6.07) is 12.8. The maximum atomic E-state index is 11.5. The number of rotatable bonds is 5. The third-order valence-electron chi connectivity index (χ3n) is 2.88. The van der Waals surface area contributed by atoms with Crippen molar-refractivity contribution < 1.29 is 4.74 Å². The van der Waals surface area contributed by atoms with Crippen LogP contribution < -0.4 is 16.0 Å². The van der Waals surface area contributed by atoms with E-state index in [-0.39, 0.29) is 11.6 Å². The van der Waals surface area contributed by atoms with Crippen molar-refractivity contribution in [2.75, 3.05) is 6.61 Å². The summed E-state index contributed by atoms with van der Waals surface area (Å²) in [6.07, 6.45) is 1.75. The van der Waals surface area contributed by atoms with E-state index in [9.17, 15) is 4.79 Å². The number of nitrogens with two attached hydrogens (primary N) is 1. The average Bonchev–Trinajstić information content (AvgIpc) is 2.41. The molecule has 0 aliphatic heterocycles. The second-order valence-corrected chi connectivity index (χ2v) is 4.44. The molecule has 0 saturated heterocycles. The zero-order chi connectivity index (χ0) is 13.7. The minimum atomic E-state index is -0.0181. The average molecular weight is 258 g/mol. The second kappa shape index (κ2) is 6.20. The van der Waals surface area contributed by atoms with Gasteiger partial charge in [0.25, 0.3) is 5.56 Å². The van der Waals surface area contributed by atoms with Crippen molar-refractivity contribution in [2.24, 2.45) is 5.73 Å². The SMILES string of the molecule is C[C@H](N)c1cccc(OCCn2ccccc2=O)c1. The van der Waals surface area contributed by atoms with Crippen LogP contribution >= 0.6 is 0 Å². The van der Waals surface area contributed by atoms with E-state index in [0.29, 0.717) is 13.2 Å². The summed E-state index contributed by atoms with van der Waals surface area (Å²) in [5, 5.41) is 0. The van der Waals surface area contributed by atoms with Crippen LogP contribution in [0.5, 0.6) is 5.75 Å². The first-order valence-corrected chi connectivity index (χ1v) is 6.30. The summed E-state index contributed by atoms with van der Waals surface area (Å²) in [7, 11) is 0. The molecule has 100 valence electrons. The minimum Gasteiger partial charge on any atom is -0.492 e. The van der Waals surface area contributed by atoms with Crippen LogP contribution in [0.4, 0.5) is 0 Å². The number of hydrogen-bond acceptors (Lipinski definition) is 3. The number of benzene rings is 1. The van der Waals surface area contributed by atoms with Crippen LogP contribution in [0.3, 0.4) is 0 Å². The molecule has 2 aromatic rings. The predicted molar refractivity (Wildman–Crippen MR) is 75.2 cm³/mol. The molecule has 2 N–H and O–H groups in total. The lowest BCUT2D eigenvalue weighted by Crippen LogP contribution is -2.21. The van der Waals surface area contributed by atoms with Gasteiger partial charge in [0.2, 0.25) is 0 Å². The largest absolute Gasteiger partial charge is 0.492 e. The number of aromatic nitrogens is 1. The Kier molecular flexibility index (Phi) is 4.36. The van der Waals surface area contributed by atoms with Gasteiger partial charge in [-0.25, -0.2) is 0 Å². The Bertz CT molecular complexity index is 590. The summed E-state index contributed by atoms with van der Waals surface area (Å²) in [5.41, 5.74) is 6.84. The van der Waals surface area contributed by atoms with Crippen molar-refractivity contribution >= 4 is 0 Å². The van der Waals surface area contributed by atoms with Crippen LogP contribution in [0.1, 0.15) is 18.5 Å². The van der Waals surface area contributed by atoms with Gasteiger partial charge in [0.05, 0.1) is 6.54 Å². The molecule has 1 aromatic carbocycles. The van der Waals surface area contributed by atoms with Gasteiger partial charge in [-0.1, -0.05) is 18.2 Å². The van der Waals surface area contributed by atoms with Crippen molar-refractivity contribution in [1.29, 1.82) is 0 Å². The van der Waals surface area contributed by atoms with Crippen molar-refractivity contribution in [3.8, 4) is 5.75 Å². The van der Waals surface area contributed by atoms with Crippen LogP contribution in [0.25, 0.3) is 0 Å². The Morgan fingerprint density at radius 1 is 1.26 bits per heavy atom. The first-order valence-electron chi connectivity index (χ1n) is 6.30. The molecule has 0 bridgehead atoms. The van der Waals surface area contributed by atoms with E-state index < -0.39 is 0 Å². The van der Waals surface area contributed by atoms with Crippen molar-refractivity contribution in [1.82, 2.24) is 4.57 Å². The molecule has 4 nitrogen and oxygen atoms in total. The first kappa shape index (κ1) is 13.4. The molecular formula is C15H18N2O2. The predicted octanol–water partition coefficient (Wildman–Crippen LogP) is 1.95. The van der Waals surface area contributed by atoms with Crippen molar-refractivity contribution in [3.63, 3.8) is 0 Å². The van der Waals surface area contributed by atoms with E-state index >= 15 is 0 Å². The highest BCUT2D eigenvalue weighted by atomic mass is 16.5.